The van der Waals surface area contributed by atoms with Gasteiger partial charge in [-0.1, -0.05) is 30.3 Å². The van der Waals surface area contributed by atoms with Crippen LogP contribution in [0.15, 0.2) is 71.6 Å². The Morgan fingerprint density at radius 1 is 0.868 bits per heavy atom. The van der Waals surface area contributed by atoms with Crippen molar-refractivity contribution in [3.05, 3.63) is 83.4 Å². The van der Waals surface area contributed by atoms with E-state index in [9.17, 15) is 9.59 Å². The average Bonchev–Trinajstić information content (AvgIpc) is 3.40. The van der Waals surface area contributed by atoms with Crippen molar-refractivity contribution in [2.75, 3.05) is 57.6 Å². The number of piperazine rings is 1. The summed E-state index contributed by atoms with van der Waals surface area (Å²) >= 11 is 1.44. The smallest absolute Gasteiger partial charge is 0.255 e. The van der Waals surface area contributed by atoms with E-state index in [0.29, 0.717) is 31.0 Å². The number of anilines is 1. The number of nitrogens with zero attached hydrogens (tertiary/aromatic N) is 3. The highest BCUT2D eigenvalue weighted by Gasteiger charge is 2.27. The van der Waals surface area contributed by atoms with Gasteiger partial charge in [-0.2, -0.15) is 0 Å². The van der Waals surface area contributed by atoms with E-state index in [0.717, 1.165) is 53.7 Å². The number of hydrogen-bond acceptors (Lipinski definition) is 6. The lowest BCUT2D eigenvalue weighted by atomic mass is 10.1. The summed E-state index contributed by atoms with van der Waals surface area (Å²) in [5, 5.41) is 0. The fourth-order valence-corrected chi connectivity index (χ4v) is 6.03. The molecule has 8 heteroatoms. The van der Waals surface area contributed by atoms with Crippen molar-refractivity contribution in [3.63, 3.8) is 0 Å². The largest absolute Gasteiger partial charge is 0.497 e. The van der Waals surface area contributed by atoms with Gasteiger partial charge in [-0.3, -0.25) is 14.5 Å². The van der Waals surface area contributed by atoms with E-state index in [1.807, 2.05) is 70.5 Å². The molecule has 0 spiro atoms. The van der Waals surface area contributed by atoms with Crippen molar-refractivity contribution in [3.8, 4) is 11.5 Å². The highest BCUT2D eigenvalue weighted by atomic mass is 32.2. The number of carbonyl (C=O) groups is 2. The molecular weight excluding hydrogens is 498 g/mol. The number of hydrogen-bond donors (Lipinski definition) is 0. The third kappa shape index (κ3) is 5.66. The zero-order chi connectivity index (χ0) is 26.5. The minimum Gasteiger partial charge on any atom is -0.497 e. The molecule has 2 heterocycles. The van der Waals surface area contributed by atoms with Crippen LogP contribution < -0.4 is 14.4 Å². The summed E-state index contributed by atoms with van der Waals surface area (Å²) in [5.41, 5.74) is 3.95. The van der Waals surface area contributed by atoms with E-state index in [2.05, 4.69) is 11.0 Å². The van der Waals surface area contributed by atoms with Crippen molar-refractivity contribution in [2.45, 2.75) is 17.9 Å². The monoisotopic (exact) mass is 531 g/mol. The van der Waals surface area contributed by atoms with E-state index in [4.69, 9.17) is 9.47 Å². The molecule has 0 N–H and O–H groups in total. The Morgan fingerprint density at radius 3 is 2.42 bits per heavy atom. The first-order valence-corrected chi connectivity index (χ1v) is 13.9. The normalized spacial score (nSPS) is 15.3. The molecule has 2 aliphatic heterocycles. The van der Waals surface area contributed by atoms with Crippen molar-refractivity contribution < 1.29 is 19.1 Å². The van der Waals surface area contributed by atoms with Gasteiger partial charge in [-0.05, 0) is 48.4 Å². The summed E-state index contributed by atoms with van der Waals surface area (Å²) in [6.07, 6.45) is 0.887. The Labute approximate surface area is 228 Å². The van der Waals surface area contributed by atoms with Gasteiger partial charge in [0.15, 0.2) is 0 Å². The van der Waals surface area contributed by atoms with Crippen LogP contribution in [0.2, 0.25) is 0 Å². The predicted molar refractivity (Wildman–Crippen MR) is 150 cm³/mol. The van der Waals surface area contributed by atoms with Gasteiger partial charge in [0.25, 0.3) is 5.91 Å². The molecule has 198 valence electrons. The number of rotatable bonds is 8. The van der Waals surface area contributed by atoms with Crippen LogP contribution in [-0.2, 0) is 17.8 Å². The molecule has 3 aromatic carbocycles. The van der Waals surface area contributed by atoms with Gasteiger partial charge in [0, 0.05) is 55.4 Å². The quantitative estimate of drug-likeness (QED) is 0.403. The molecule has 0 bridgehead atoms. The summed E-state index contributed by atoms with van der Waals surface area (Å²) in [6.45, 7) is 4.28. The molecular formula is C30H33N3O4S. The molecule has 2 aliphatic rings. The summed E-state index contributed by atoms with van der Waals surface area (Å²) in [6, 6.07) is 21.5. The highest BCUT2D eigenvalue weighted by Crippen LogP contribution is 2.30. The molecule has 0 radical (unpaired) electrons. The summed E-state index contributed by atoms with van der Waals surface area (Å²) in [7, 11) is 3.34. The van der Waals surface area contributed by atoms with Crippen molar-refractivity contribution in [2.24, 2.45) is 0 Å². The Balaban J connectivity index is 1.19. The van der Waals surface area contributed by atoms with Gasteiger partial charge < -0.3 is 19.3 Å². The second-order valence-corrected chi connectivity index (χ2v) is 10.5. The zero-order valence-electron chi connectivity index (χ0n) is 21.9. The minimum absolute atomic E-state index is 0.0191. The third-order valence-electron chi connectivity index (χ3n) is 7.20. The fourth-order valence-electron chi connectivity index (χ4n) is 5.11. The van der Waals surface area contributed by atoms with Crippen molar-refractivity contribution >= 4 is 29.3 Å². The lowest BCUT2D eigenvalue weighted by Crippen LogP contribution is -2.48. The number of methoxy groups -OCH3 is 2. The fraction of sp³-hybridized carbons (Fsp3) is 0.333. The van der Waals surface area contributed by atoms with Crippen LogP contribution in [-0.4, -0.2) is 74.3 Å². The molecule has 3 aromatic rings. The second-order valence-electron chi connectivity index (χ2n) is 9.46. The molecule has 0 unspecified atom stereocenters. The predicted octanol–water partition coefficient (Wildman–Crippen LogP) is 4.34. The maximum absolute atomic E-state index is 13.5. The Morgan fingerprint density at radius 2 is 1.63 bits per heavy atom. The van der Waals surface area contributed by atoms with Crippen LogP contribution in [0.1, 0.15) is 21.5 Å². The van der Waals surface area contributed by atoms with Crippen molar-refractivity contribution in [1.82, 2.24) is 9.80 Å². The Kier molecular flexibility index (Phi) is 8.20. The first-order valence-electron chi connectivity index (χ1n) is 12.9. The Bertz CT molecular complexity index is 1310. The highest BCUT2D eigenvalue weighted by molar-refractivity contribution is 8.00. The molecule has 0 aliphatic carbocycles. The van der Waals surface area contributed by atoms with E-state index < -0.39 is 0 Å². The number of benzene rings is 3. The molecule has 0 aromatic heterocycles. The van der Waals surface area contributed by atoms with Crippen LogP contribution in [0.25, 0.3) is 0 Å². The maximum Gasteiger partial charge on any atom is 0.255 e. The minimum atomic E-state index is 0.0191. The molecule has 7 nitrogen and oxygen atoms in total. The number of fused-ring (bicyclic) bond motifs is 1. The lowest BCUT2D eigenvalue weighted by molar-refractivity contribution is -0.116. The van der Waals surface area contributed by atoms with Crippen molar-refractivity contribution in [1.29, 1.82) is 0 Å². The van der Waals surface area contributed by atoms with E-state index >= 15 is 0 Å². The summed E-state index contributed by atoms with van der Waals surface area (Å²) in [5.74, 6) is 2.03. The van der Waals surface area contributed by atoms with Crippen LogP contribution in [0, 0.1) is 0 Å². The molecule has 5 rings (SSSR count). The van der Waals surface area contributed by atoms with Gasteiger partial charge in [-0.25, -0.2) is 0 Å². The third-order valence-corrected chi connectivity index (χ3v) is 8.26. The van der Waals surface area contributed by atoms with Crippen LogP contribution in [0.5, 0.6) is 11.5 Å². The van der Waals surface area contributed by atoms with Crippen LogP contribution in [0.4, 0.5) is 5.69 Å². The molecule has 0 atom stereocenters. The SMILES string of the molecule is COc1ccc(OC)c(CN2CCN(C(=O)c3ccccc3SCC(=O)N3CCc4ccccc43)CC2)c1. The zero-order valence-corrected chi connectivity index (χ0v) is 22.7. The maximum atomic E-state index is 13.5. The summed E-state index contributed by atoms with van der Waals surface area (Å²) in [4.78, 5) is 33.5. The van der Waals surface area contributed by atoms with Gasteiger partial charge >= 0.3 is 0 Å². The number of ether oxygens (including phenoxy) is 2. The standard InChI is InChI=1S/C30H33N3O4S/c1-36-24-11-12-27(37-2)23(19-24)20-31-15-17-32(18-16-31)30(35)25-8-4-6-10-28(25)38-21-29(34)33-14-13-22-7-3-5-9-26(22)33/h3-12,19H,13-18,20-21H2,1-2H3. The molecule has 38 heavy (non-hydrogen) atoms. The molecule has 2 amide bonds. The van der Waals surface area contributed by atoms with E-state index in [-0.39, 0.29) is 11.8 Å². The van der Waals surface area contributed by atoms with Gasteiger partial charge in [0.05, 0.1) is 25.5 Å². The molecule has 1 saturated heterocycles. The topological polar surface area (TPSA) is 62.3 Å². The van der Waals surface area contributed by atoms with Crippen LogP contribution in [0.3, 0.4) is 0 Å². The van der Waals surface area contributed by atoms with Gasteiger partial charge in [-0.15, -0.1) is 11.8 Å². The average molecular weight is 532 g/mol. The van der Waals surface area contributed by atoms with Gasteiger partial charge in [0.1, 0.15) is 11.5 Å². The van der Waals surface area contributed by atoms with E-state index in [1.54, 1.807) is 14.2 Å². The van der Waals surface area contributed by atoms with E-state index in [1.165, 1.54) is 17.3 Å². The lowest BCUT2D eigenvalue weighted by Gasteiger charge is -2.35. The van der Waals surface area contributed by atoms with Gasteiger partial charge in [0.2, 0.25) is 5.91 Å². The number of carbonyl (C=O) groups excluding carboxylic acids is 2. The number of para-hydroxylation sites is 1. The van der Waals surface area contributed by atoms with Crippen LogP contribution >= 0.6 is 11.8 Å². The molecule has 0 saturated carbocycles. The molecule has 1 fully saturated rings. The first-order chi connectivity index (χ1) is 18.6. The summed E-state index contributed by atoms with van der Waals surface area (Å²) < 4.78 is 10.9. The second kappa shape index (κ2) is 11.9. The Hall–Kier alpha value is -3.49. The number of amides is 2. The first kappa shape index (κ1) is 26.1. The number of thioether (sulfide) groups is 1.